The number of hydrogen-bond acceptors (Lipinski definition) is 3. The molecule has 0 aromatic rings. The van der Waals surface area contributed by atoms with Gasteiger partial charge in [-0.1, -0.05) is 0 Å². The van der Waals surface area contributed by atoms with Crippen LogP contribution in [0.4, 0.5) is 4.79 Å². The number of aldehydes is 1. The van der Waals surface area contributed by atoms with Gasteiger partial charge in [0.2, 0.25) is 0 Å². The molecule has 0 heterocycles. The second kappa shape index (κ2) is 3.79. The summed E-state index contributed by atoms with van der Waals surface area (Å²) in [5.74, 6) is 0. The van der Waals surface area contributed by atoms with Crippen LogP contribution in [0.3, 0.4) is 0 Å². The Bertz CT molecular complexity index is 120. The first kappa shape index (κ1) is 6.61. The maximum absolute atomic E-state index is 9.76. The summed E-state index contributed by atoms with van der Waals surface area (Å²) in [4.78, 5) is 19.2. The summed E-state index contributed by atoms with van der Waals surface area (Å²) in [5, 5.41) is 3.07. The lowest BCUT2D eigenvalue weighted by Gasteiger charge is -1.84. The Kier molecular flexibility index (Phi) is 3.13. The van der Waals surface area contributed by atoms with Crippen molar-refractivity contribution in [2.75, 3.05) is 0 Å². The zero-order chi connectivity index (χ0) is 6.41. The Morgan fingerprint density at radius 3 is 2.75 bits per heavy atom. The lowest BCUT2D eigenvalue weighted by atomic mass is 10.9. The highest BCUT2D eigenvalue weighted by Crippen LogP contribution is 1.52. The van der Waals surface area contributed by atoms with Gasteiger partial charge in [-0.15, -0.1) is 0 Å². The average molecular weight is 115 g/mol. The molecule has 5 nitrogen and oxygen atoms in total. The Balaban J connectivity index is 3.29. The number of amides is 2. The lowest BCUT2D eigenvalue weighted by molar-refractivity contribution is -0.102. The summed E-state index contributed by atoms with van der Waals surface area (Å²) in [6.07, 6.45) is 1.31. The molecule has 0 saturated heterocycles. The Hall–Kier alpha value is -1.39. The van der Waals surface area contributed by atoms with Gasteiger partial charge in [0.15, 0.2) is 6.29 Å². The van der Waals surface area contributed by atoms with Crippen molar-refractivity contribution in [3.8, 4) is 0 Å². The van der Waals surface area contributed by atoms with E-state index in [1.165, 1.54) is 0 Å². The molecule has 0 fully saturated rings. The Labute approximate surface area is 45.5 Å². The van der Waals surface area contributed by atoms with E-state index in [1.54, 1.807) is 0 Å². The highest BCUT2D eigenvalue weighted by Gasteiger charge is 1.80. The molecule has 0 radical (unpaired) electrons. The monoisotopic (exact) mass is 115 g/mol. The Morgan fingerprint density at radius 1 is 1.75 bits per heavy atom. The fourth-order valence-electron chi connectivity index (χ4n) is 0.131. The van der Waals surface area contributed by atoms with Crippen molar-refractivity contribution in [1.29, 1.82) is 0 Å². The third-order valence-corrected chi connectivity index (χ3v) is 0.310. The van der Waals surface area contributed by atoms with Crippen LogP contribution < -0.4 is 11.2 Å². The molecule has 0 saturated carbocycles. The highest BCUT2D eigenvalue weighted by atomic mass is 16.2. The number of urea groups is 1. The van der Waals surface area contributed by atoms with Gasteiger partial charge in [-0.2, -0.15) is 5.10 Å². The van der Waals surface area contributed by atoms with Crippen molar-refractivity contribution >= 4 is 18.5 Å². The summed E-state index contributed by atoms with van der Waals surface area (Å²) in [6, 6.07) is -0.789. The average Bonchev–Trinajstić information content (AvgIpc) is 1.66. The molecule has 0 bridgehead atoms. The van der Waals surface area contributed by atoms with Crippen LogP contribution in [0.1, 0.15) is 0 Å². The second-order valence-corrected chi connectivity index (χ2v) is 0.890. The van der Waals surface area contributed by atoms with Crippen molar-refractivity contribution in [1.82, 2.24) is 5.43 Å². The van der Waals surface area contributed by atoms with E-state index in [9.17, 15) is 9.59 Å². The van der Waals surface area contributed by atoms with Crippen molar-refractivity contribution in [2.24, 2.45) is 10.8 Å². The molecule has 0 aliphatic carbocycles. The van der Waals surface area contributed by atoms with Gasteiger partial charge >= 0.3 is 6.03 Å². The van der Waals surface area contributed by atoms with Gasteiger partial charge in [0.25, 0.3) is 0 Å². The number of nitrogens with two attached hydrogens (primary N) is 1. The number of carbonyl (C=O) groups excluding carboxylic acids is 2. The minimum absolute atomic E-state index is 0.427. The minimum Gasteiger partial charge on any atom is -0.350 e. The molecule has 0 aliphatic rings. The standard InChI is InChI=1S/C3H5N3O2/c4-3(8)6-5-1-2-7/h1-2H,(H3,4,6,8)/b5-1+. The maximum Gasteiger partial charge on any atom is 0.332 e. The molecule has 0 aromatic heterocycles. The number of nitrogens with zero attached hydrogens (tertiary/aromatic N) is 1. The van der Waals surface area contributed by atoms with E-state index >= 15 is 0 Å². The summed E-state index contributed by atoms with van der Waals surface area (Å²) in [5.41, 5.74) is 6.38. The smallest absolute Gasteiger partial charge is 0.332 e. The molecule has 0 rings (SSSR count). The predicted molar refractivity (Wildman–Crippen MR) is 27.3 cm³/mol. The fourth-order valence-corrected chi connectivity index (χ4v) is 0.131. The molecule has 0 aliphatic heterocycles. The van der Waals surface area contributed by atoms with Crippen LogP contribution in [-0.4, -0.2) is 18.5 Å². The predicted octanol–water partition coefficient (Wildman–Crippen LogP) is -1.16. The number of hydrazone groups is 1. The quantitative estimate of drug-likeness (QED) is 0.270. The minimum atomic E-state index is -0.789. The molecule has 44 valence electrons. The number of rotatable bonds is 2. The molecule has 2 amide bonds. The number of primary amides is 1. The van der Waals surface area contributed by atoms with E-state index in [4.69, 9.17) is 0 Å². The molecule has 0 spiro atoms. The van der Waals surface area contributed by atoms with Crippen LogP contribution in [0.2, 0.25) is 0 Å². The first-order chi connectivity index (χ1) is 3.77. The van der Waals surface area contributed by atoms with E-state index in [2.05, 4.69) is 10.8 Å². The number of carbonyl (C=O) groups is 2. The van der Waals surface area contributed by atoms with Crippen LogP contribution in [-0.2, 0) is 4.79 Å². The molecule has 5 heteroatoms. The highest BCUT2D eigenvalue weighted by molar-refractivity contribution is 6.12. The van der Waals surface area contributed by atoms with E-state index in [1.807, 2.05) is 5.43 Å². The van der Waals surface area contributed by atoms with Gasteiger partial charge in [-0.25, -0.2) is 10.2 Å². The summed E-state index contributed by atoms with van der Waals surface area (Å²) < 4.78 is 0. The van der Waals surface area contributed by atoms with E-state index in [-0.39, 0.29) is 0 Å². The van der Waals surface area contributed by atoms with Gasteiger partial charge in [0, 0.05) is 0 Å². The van der Waals surface area contributed by atoms with Crippen LogP contribution in [0.15, 0.2) is 5.10 Å². The molecule has 3 N–H and O–H groups in total. The topological polar surface area (TPSA) is 84.6 Å². The molecule has 0 aromatic carbocycles. The van der Waals surface area contributed by atoms with Crippen LogP contribution in [0.5, 0.6) is 0 Å². The van der Waals surface area contributed by atoms with Gasteiger partial charge in [0.1, 0.15) is 0 Å². The van der Waals surface area contributed by atoms with Crippen molar-refractivity contribution in [3.63, 3.8) is 0 Å². The van der Waals surface area contributed by atoms with Crippen LogP contribution in [0.25, 0.3) is 0 Å². The summed E-state index contributed by atoms with van der Waals surface area (Å²) >= 11 is 0. The SMILES string of the molecule is NC(=O)N/N=C/C=O. The van der Waals surface area contributed by atoms with Gasteiger partial charge < -0.3 is 5.73 Å². The van der Waals surface area contributed by atoms with Crippen molar-refractivity contribution < 1.29 is 9.59 Å². The third-order valence-electron chi connectivity index (χ3n) is 0.310. The second-order valence-electron chi connectivity index (χ2n) is 0.890. The first-order valence-electron chi connectivity index (χ1n) is 1.79. The lowest BCUT2D eigenvalue weighted by Crippen LogP contribution is -2.24. The normalized spacial score (nSPS) is 9.00. The fraction of sp³-hybridized carbons (Fsp3) is 0. The molecule has 8 heavy (non-hydrogen) atoms. The zero-order valence-electron chi connectivity index (χ0n) is 4.00. The molecule has 0 atom stereocenters. The van der Waals surface area contributed by atoms with Gasteiger partial charge in [0.05, 0.1) is 6.21 Å². The van der Waals surface area contributed by atoms with E-state index in [0.717, 1.165) is 6.21 Å². The molecule has 0 unspecified atom stereocenters. The van der Waals surface area contributed by atoms with Crippen LogP contribution >= 0.6 is 0 Å². The number of nitrogens with one attached hydrogen (secondary N) is 1. The largest absolute Gasteiger partial charge is 0.350 e. The van der Waals surface area contributed by atoms with Crippen LogP contribution in [0, 0.1) is 0 Å². The summed E-state index contributed by atoms with van der Waals surface area (Å²) in [7, 11) is 0. The third kappa shape index (κ3) is 4.61. The van der Waals surface area contributed by atoms with E-state index in [0.29, 0.717) is 6.29 Å². The summed E-state index contributed by atoms with van der Waals surface area (Å²) in [6.45, 7) is 0. The Morgan fingerprint density at radius 2 is 2.38 bits per heavy atom. The van der Waals surface area contributed by atoms with Crippen molar-refractivity contribution in [3.05, 3.63) is 0 Å². The maximum atomic E-state index is 9.76. The number of hydrogen-bond donors (Lipinski definition) is 2. The first-order valence-corrected chi connectivity index (χ1v) is 1.79. The van der Waals surface area contributed by atoms with Gasteiger partial charge in [-0.3, -0.25) is 4.79 Å². The van der Waals surface area contributed by atoms with Crippen molar-refractivity contribution in [2.45, 2.75) is 0 Å². The zero-order valence-corrected chi connectivity index (χ0v) is 4.00. The van der Waals surface area contributed by atoms with E-state index < -0.39 is 6.03 Å². The van der Waals surface area contributed by atoms with Gasteiger partial charge in [-0.05, 0) is 0 Å². The molecular weight excluding hydrogens is 110 g/mol. The molecular formula is C3H5N3O2.